The van der Waals surface area contributed by atoms with Crippen LogP contribution in [0, 0.1) is 0 Å². The van der Waals surface area contributed by atoms with Crippen LogP contribution < -0.4 is 0 Å². The van der Waals surface area contributed by atoms with Crippen LogP contribution in [0.15, 0.2) is 54.6 Å². The Balaban J connectivity index is 1.65. The van der Waals surface area contributed by atoms with Gasteiger partial charge in [-0.05, 0) is 42.5 Å². The molecule has 1 heterocycles. The van der Waals surface area contributed by atoms with Crippen molar-refractivity contribution in [3.63, 3.8) is 0 Å². The second-order valence-electron chi connectivity index (χ2n) is 5.78. The molecule has 0 bridgehead atoms. The number of hydrogen-bond donors (Lipinski definition) is 0. The molecule has 22 heavy (non-hydrogen) atoms. The molecule has 1 unspecified atom stereocenters. The third-order valence-electron chi connectivity index (χ3n) is 4.30. The molecule has 1 aliphatic rings. The standard InChI is InChI=1S/C19H20ClNO/c20-17-11-9-16(10-12-17)18-7-4-14-21(18)19(22)13-8-15-5-2-1-3-6-15/h1-3,5-6,9-12,18H,4,7-8,13-14H2. The fraction of sp³-hybridized carbons (Fsp3) is 0.316. The van der Waals surface area contributed by atoms with Crippen molar-refractivity contribution >= 4 is 17.5 Å². The summed E-state index contributed by atoms with van der Waals surface area (Å²) < 4.78 is 0. The van der Waals surface area contributed by atoms with E-state index in [9.17, 15) is 4.79 Å². The average molecular weight is 314 g/mol. The Morgan fingerprint density at radius 1 is 1.09 bits per heavy atom. The van der Waals surface area contributed by atoms with Crippen LogP contribution in [0.4, 0.5) is 0 Å². The summed E-state index contributed by atoms with van der Waals surface area (Å²) in [5.74, 6) is 0.251. The monoisotopic (exact) mass is 313 g/mol. The van der Waals surface area contributed by atoms with Gasteiger partial charge in [-0.3, -0.25) is 4.79 Å². The normalized spacial score (nSPS) is 17.7. The molecule has 2 nitrogen and oxygen atoms in total. The number of carbonyl (C=O) groups excluding carboxylic acids is 1. The summed E-state index contributed by atoms with van der Waals surface area (Å²) in [6.45, 7) is 0.862. The molecular weight excluding hydrogens is 294 g/mol. The summed E-state index contributed by atoms with van der Waals surface area (Å²) in [5.41, 5.74) is 2.41. The molecule has 1 atom stereocenters. The van der Waals surface area contributed by atoms with Crippen molar-refractivity contribution in [3.8, 4) is 0 Å². The third-order valence-corrected chi connectivity index (χ3v) is 4.55. The van der Waals surface area contributed by atoms with Crippen LogP contribution in [0.5, 0.6) is 0 Å². The first-order valence-electron chi connectivity index (χ1n) is 7.83. The fourth-order valence-corrected chi connectivity index (χ4v) is 3.26. The van der Waals surface area contributed by atoms with E-state index in [0.717, 1.165) is 30.8 Å². The summed E-state index contributed by atoms with van der Waals surface area (Å²) >= 11 is 5.95. The molecule has 0 aromatic heterocycles. The molecule has 3 rings (SSSR count). The first kappa shape index (κ1) is 15.1. The van der Waals surface area contributed by atoms with Gasteiger partial charge in [-0.1, -0.05) is 54.1 Å². The van der Waals surface area contributed by atoms with Gasteiger partial charge in [-0.25, -0.2) is 0 Å². The number of carbonyl (C=O) groups is 1. The van der Waals surface area contributed by atoms with E-state index in [-0.39, 0.29) is 11.9 Å². The molecule has 1 saturated heterocycles. The first-order chi connectivity index (χ1) is 10.7. The Morgan fingerprint density at radius 2 is 1.82 bits per heavy atom. The van der Waals surface area contributed by atoms with Gasteiger partial charge in [0, 0.05) is 18.0 Å². The van der Waals surface area contributed by atoms with E-state index in [1.54, 1.807) is 0 Å². The number of amides is 1. The average Bonchev–Trinajstić information content (AvgIpc) is 3.04. The summed E-state index contributed by atoms with van der Waals surface area (Å²) in [7, 11) is 0. The zero-order chi connectivity index (χ0) is 15.4. The third kappa shape index (κ3) is 3.50. The second-order valence-corrected chi connectivity index (χ2v) is 6.22. The molecule has 1 fully saturated rings. The molecule has 0 spiro atoms. The molecule has 2 aromatic rings. The van der Waals surface area contributed by atoms with Gasteiger partial charge in [-0.15, -0.1) is 0 Å². The summed E-state index contributed by atoms with van der Waals surface area (Å²) in [6, 6.07) is 18.3. The minimum atomic E-state index is 0.209. The van der Waals surface area contributed by atoms with E-state index < -0.39 is 0 Å². The maximum Gasteiger partial charge on any atom is 0.223 e. The van der Waals surface area contributed by atoms with E-state index in [2.05, 4.69) is 12.1 Å². The van der Waals surface area contributed by atoms with Crippen LogP contribution in [0.25, 0.3) is 0 Å². The smallest absolute Gasteiger partial charge is 0.223 e. The van der Waals surface area contributed by atoms with Crippen LogP contribution in [0.3, 0.4) is 0 Å². The lowest BCUT2D eigenvalue weighted by Gasteiger charge is -2.25. The van der Waals surface area contributed by atoms with E-state index in [4.69, 9.17) is 11.6 Å². The number of hydrogen-bond acceptors (Lipinski definition) is 1. The van der Waals surface area contributed by atoms with E-state index in [1.807, 2.05) is 47.4 Å². The van der Waals surface area contributed by atoms with Crippen LogP contribution >= 0.6 is 11.6 Å². The summed E-state index contributed by atoms with van der Waals surface area (Å²) in [4.78, 5) is 14.6. The van der Waals surface area contributed by atoms with Crippen molar-refractivity contribution in [1.82, 2.24) is 4.90 Å². The lowest BCUT2D eigenvalue weighted by atomic mass is 10.0. The number of nitrogens with zero attached hydrogens (tertiary/aromatic N) is 1. The summed E-state index contributed by atoms with van der Waals surface area (Å²) in [6.07, 6.45) is 3.50. The van der Waals surface area contributed by atoms with Gasteiger partial charge < -0.3 is 4.90 Å². The van der Waals surface area contributed by atoms with Crippen molar-refractivity contribution in [3.05, 3.63) is 70.7 Å². The van der Waals surface area contributed by atoms with Crippen LogP contribution in [-0.4, -0.2) is 17.4 Å². The van der Waals surface area contributed by atoms with Crippen LogP contribution in [-0.2, 0) is 11.2 Å². The molecule has 1 amide bonds. The fourth-order valence-electron chi connectivity index (χ4n) is 3.14. The molecule has 1 aliphatic heterocycles. The minimum absolute atomic E-state index is 0.209. The van der Waals surface area contributed by atoms with Gasteiger partial charge >= 0.3 is 0 Å². The molecule has 0 saturated carbocycles. The minimum Gasteiger partial charge on any atom is -0.336 e. The van der Waals surface area contributed by atoms with Gasteiger partial charge in [0.25, 0.3) is 0 Å². The Kier molecular flexibility index (Phi) is 4.79. The SMILES string of the molecule is O=C(CCc1ccccc1)N1CCCC1c1ccc(Cl)cc1. The topological polar surface area (TPSA) is 20.3 Å². The van der Waals surface area contributed by atoms with Crippen molar-refractivity contribution < 1.29 is 4.79 Å². The lowest BCUT2D eigenvalue weighted by molar-refractivity contribution is -0.132. The van der Waals surface area contributed by atoms with Gasteiger partial charge in [0.15, 0.2) is 0 Å². The highest BCUT2D eigenvalue weighted by molar-refractivity contribution is 6.30. The van der Waals surface area contributed by atoms with Crippen molar-refractivity contribution in [2.75, 3.05) is 6.54 Å². The Bertz CT molecular complexity index is 624. The quantitative estimate of drug-likeness (QED) is 0.805. The summed E-state index contributed by atoms with van der Waals surface area (Å²) in [5, 5.41) is 0.740. The number of benzene rings is 2. The van der Waals surface area contributed by atoms with Crippen molar-refractivity contribution in [1.29, 1.82) is 0 Å². The lowest BCUT2D eigenvalue weighted by Crippen LogP contribution is -2.30. The Hall–Kier alpha value is -1.80. The van der Waals surface area contributed by atoms with E-state index >= 15 is 0 Å². The number of halogens is 1. The maximum atomic E-state index is 12.6. The molecule has 0 radical (unpaired) electrons. The largest absolute Gasteiger partial charge is 0.336 e. The Morgan fingerprint density at radius 3 is 2.55 bits per heavy atom. The molecule has 2 aromatic carbocycles. The number of rotatable bonds is 4. The highest BCUT2D eigenvalue weighted by Crippen LogP contribution is 2.33. The first-order valence-corrected chi connectivity index (χ1v) is 8.21. The molecule has 3 heteroatoms. The second kappa shape index (κ2) is 6.97. The zero-order valence-corrected chi connectivity index (χ0v) is 13.3. The highest BCUT2D eigenvalue weighted by Gasteiger charge is 2.29. The van der Waals surface area contributed by atoms with Gasteiger partial charge in [0.05, 0.1) is 6.04 Å². The maximum absolute atomic E-state index is 12.6. The predicted octanol–water partition coefficient (Wildman–Crippen LogP) is 4.64. The van der Waals surface area contributed by atoms with Gasteiger partial charge in [-0.2, -0.15) is 0 Å². The molecule has 0 aliphatic carbocycles. The number of aryl methyl sites for hydroxylation is 1. The molecule has 0 N–H and O–H groups in total. The van der Waals surface area contributed by atoms with Crippen LogP contribution in [0.2, 0.25) is 5.02 Å². The van der Waals surface area contributed by atoms with E-state index in [0.29, 0.717) is 6.42 Å². The van der Waals surface area contributed by atoms with Crippen molar-refractivity contribution in [2.24, 2.45) is 0 Å². The zero-order valence-electron chi connectivity index (χ0n) is 12.5. The predicted molar refractivity (Wildman–Crippen MR) is 89.9 cm³/mol. The van der Waals surface area contributed by atoms with Crippen molar-refractivity contribution in [2.45, 2.75) is 31.7 Å². The van der Waals surface area contributed by atoms with E-state index in [1.165, 1.54) is 11.1 Å². The van der Waals surface area contributed by atoms with Gasteiger partial charge in [0.2, 0.25) is 5.91 Å². The molecular formula is C19H20ClNO. The number of likely N-dealkylation sites (tertiary alicyclic amines) is 1. The molecule has 114 valence electrons. The highest BCUT2D eigenvalue weighted by atomic mass is 35.5. The Labute approximate surface area is 136 Å². The van der Waals surface area contributed by atoms with Crippen LogP contribution in [0.1, 0.15) is 36.4 Å². The van der Waals surface area contributed by atoms with Gasteiger partial charge in [0.1, 0.15) is 0 Å².